The van der Waals surface area contributed by atoms with E-state index in [0.717, 1.165) is 26.0 Å². The van der Waals surface area contributed by atoms with Crippen molar-refractivity contribution in [3.63, 3.8) is 0 Å². The van der Waals surface area contributed by atoms with Gasteiger partial charge in [0.25, 0.3) is 5.91 Å². The van der Waals surface area contributed by atoms with E-state index >= 15 is 0 Å². The molecule has 1 heterocycles. The summed E-state index contributed by atoms with van der Waals surface area (Å²) in [4.78, 5) is 12.3. The normalized spacial score (nSPS) is 12.2. The molecular weight excluding hydrogens is 386 g/mol. The van der Waals surface area contributed by atoms with Crippen LogP contribution in [0.3, 0.4) is 0 Å². The van der Waals surface area contributed by atoms with E-state index in [1.165, 1.54) is 0 Å². The second-order valence-electron chi connectivity index (χ2n) is 4.69. The molecule has 0 saturated carbocycles. The Balaban J connectivity index is 2.17. The molecule has 106 valence electrons. The van der Waals surface area contributed by atoms with Crippen molar-refractivity contribution in [2.45, 2.75) is 26.8 Å². The highest BCUT2D eigenvalue weighted by Gasteiger charge is 2.17. The molecule has 1 aromatic carbocycles. The zero-order valence-corrected chi connectivity index (χ0v) is 14.6. The Morgan fingerprint density at radius 1 is 1.25 bits per heavy atom. The van der Waals surface area contributed by atoms with Crippen LogP contribution in [0.1, 0.15) is 40.4 Å². The standard InChI is InChI=1S/C15H15Br2NO2/c1-8-6-13(10(3)20-8)9(2)18-15(19)12-5-4-11(16)7-14(12)17/h4-7,9H,1-3H3,(H,18,19). The summed E-state index contributed by atoms with van der Waals surface area (Å²) in [6, 6.07) is 7.33. The van der Waals surface area contributed by atoms with Crippen molar-refractivity contribution in [2.75, 3.05) is 0 Å². The zero-order valence-electron chi connectivity index (χ0n) is 11.5. The lowest BCUT2D eigenvalue weighted by atomic mass is 10.1. The van der Waals surface area contributed by atoms with Crippen LogP contribution in [0.25, 0.3) is 0 Å². The van der Waals surface area contributed by atoms with Gasteiger partial charge in [0.05, 0.1) is 11.6 Å². The first-order valence-corrected chi connectivity index (χ1v) is 7.80. The molecule has 1 unspecified atom stereocenters. The van der Waals surface area contributed by atoms with Crippen LogP contribution in [-0.2, 0) is 0 Å². The molecule has 1 amide bonds. The SMILES string of the molecule is Cc1cc(C(C)NC(=O)c2ccc(Br)cc2Br)c(C)o1. The number of furan rings is 1. The molecule has 5 heteroatoms. The number of rotatable bonds is 3. The van der Waals surface area contributed by atoms with Gasteiger partial charge in [0.1, 0.15) is 11.5 Å². The fourth-order valence-corrected chi connectivity index (χ4v) is 3.33. The Morgan fingerprint density at radius 2 is 1.95 bits per heavy atom. The average Bonchev–Trinajstić information content (AvgIpc) is 2.68. The Hall–Kier alpha value is -1.07. The third kappa shape index (κ3) is 3.33. The van der Waals surface area contributed by atoms with Crippen molar-refractivity contribution in [3.8, 4) is 0 Å². The maximum atomic E-state index is 12.3. The summed E-state index contributed by atoms with van der Waals surface area (Å²) in [6.45, 7) is 5.75. The summed E-state index contributed by atoms with van der Waals surface area (Å²) in [6.07, 6.45) is 0. The monoisotopic (exact) mass is 399 g/mol. The number of amides is 1. The number of halogens is 2. The second kappa shape index (κ2) is 6.14. The Bertz CT molecular complexity index is 649. The van der Waals surface area contributed by atoms with E-state index in [1.807, 2.05) is 39.0 Å². The van der Waals surface area contributed by atoms with Gasteiger partial charge in [-0.15, -0.1) is 0 Å². The topological polar surface area (TPSA) is 42.2 Å². The minimum atomic E-state index is -0.116. The molecular formula is C15H15Br2NO2. The molecule has 2 aromatic rings. The third-order valence-electron chi connectivity index (χ3n) is 3.07. The predicted molar refractivity (Wildman–Crippen MR) is 85.9 cm³/mol. The van der Waals surface area contributed by atoms with E-state index in [1.54, 1.807) is 6.07 Å². The lowest BCUT2D eigenvalue weighted by molar-refractivity contribution is 0.0939. The number of hydrogen-bond donors (Lipinski definition) is 1. The molecule has 0 saturated heterocycles. The summed E-state index contributed by atoms with van der Waals surface area (Å²) in [5, 5.41) is 2.98. The first-order valence-electron chi connectivity index (χ1n) is 6.21. The molecule has 1 atom stereocenters. The summed E-state index contributed by atoms with van der Waals surface area (Å²) < 4.78 is 7.18. The quantitative estimate of drug-likeness (QED) is 0.794. The van der Waals surface area contributed by atoms with Crippen molar-refractivity contribution < 1.29 is 9.21 Å². The molecule has 0 fully saturated rings. The molecule has 0 spiro atoms. The van der Waals surface area contributed by atoms with Gasteiger partial charge in [-0.05, 0) is 61.0 Å². The highest BCUT2D eigenvalue weighted by atomic mass is 79.9. The number of aryl methyl sites for hydroxylation is 2. The van der Waals surface area contributed by atoms with E-state index in [4.69, 9.17) is 4.42 Å². The van der Waals surface area contributed by atoms with E-state index in [-0.39, 0.29) is 11.9 Å². The Kier molecular flexibility index (Phi) is 4.70. The van der Waals surface area contributed by atoms with E-state index < -0.39 is 0 Å². The zero-order chi connectivity index (χ0) is 14.9. The molecule has 0 aliphatic rings. The van der Waals surface area contributed by atoms with Gasteiger partial charge in [-0.1, -0.05) is 15.9 Å². The first-order chi connectivity index (χ1) is 9.38. The van der Waals surface area contributed by atoms with Crippen molar-refractivity contribution >= 4 is 37.8 Å². The fraction of sp³-hybridized carbons (Fsp3) is 0.267. The van der Waals surface area contributed by atoms with Crippen LogP contribution >= 0.6 is 31.9 Å². The van der Waals surface area contributed by atoms with Crippen LogP contribution in [0.4, 0.5) is 0 Å². The second-order valence-corrected chi connectivity index (χ2v) is 6.46. The van der Waals surface area contributed by atoms with Gasteiger partial charge in [-0.25, -0.2) is 0 Å². The highest BCUT2D eigenvalue weighted by molar-refractivity contribution is 9.11. The number of carbonyl (C=O) groups is 1. The molecule has 0 bridgehead atoms. The molecule has 0 aliphatic heterocycles. The lowest BCUT2D eigenvalue weighted by Crippen LogP contribution is -2.27. The van der Waals surface area contributed by atoms with Crippen molar-refractivity contribution in [2.24, 2.45) is 0 Å². The molecule has 2 rings (SSSR count). The summed E-state index contributed by atoms with van der Waals surface area (Å²) in [5.41, 5.74) is 1.61. The molecule has 0 aliphatic carbocycles. The minimum Gasteiger partial charge on any atom is -0.466 e. The number of benzene rings is 1. The van der Waals surface area contributed by atoms with E-state index in [9.17, 15) is 4.79 Å². The fourth-order valence-electron chi connectivity index (χ4n) is 2.11. The predicted octanol–water partition coefficient (Wildman–Crippen LogP) is 4.91. The summed E-state index contributed by atoms with van der Waals surface area (Å²) in [5.74, 6) is 1.57. The number of carbonyl (C=O) groups excluding carboxylic acids is 1. The van der Waals surface area contributed by atoms with Gasteiger partial charge in [0.2, 0.25) is 0 Å². The van der Waals surface area contributed by atoms with Gasteiger partial charge >= 0.3 is 0 Å². The smallest absolute Gasteiger partial charge is 0.252 e. The maximum Gasteiger partial charge on any atom is 0.252 e. The van der Waals surface area contributed by atoms with Gasteiger partial charge in [0, 0.05) is 14.5 Å². The van der Waals surface area contributed by atoms with Crippen LogP contribution in [0.15, 0.2) is 37.6 Å². The van der Waals surface area contributed by atoms with Crippen LogP contribution < -0.4 is 5.32 Å². The van der Waals surface area contributed by atoms with Gasteiger partial charge < -0.3 is 9.73 Å². The van der Waals surface area contributed by atoms with Crippen molar-refractivity contribution in [3.05, 3.63) is 55.9 Å². The van der Waals surface area contributed by atoms with Crippen molar-refractivity contribution in [1.82, 2.24) is 5.32 Å². The van der Waals surface area contributed by atoms with Crippen LogP contribution in [-0.4, -0.2) is 5.91 Å². The van der Waals surface area contributed by atoms with Crippen molar-refractivity contribution in [1.29, 1.82) is 0 Å². The number of nitrogens with one attached hydrogen (secondary N) is 1. The Morgan fingerprint density at radius 3 is 2.50 bits per heavy atom. The third-order valence-corrected chi connectivity index (χ3v) is 4.22. The largest absolute Gasteiger partial charge is 0.466 e. The summed E-state index contributed by atoms with van der Waals surface area (Å²) >= 11 is 6.77. The summed E-state index contributed by atoms with van der Waals surface area (Å²) in [7, 11) is 0. The molecule has 1 aromatic heterocycles. The van der Waals surface area contributed by atoms with Crippen LogP contribution in [0.5, 0.6) is 0 Å². The van der Waals surface area contributed by atoms with Gasteiger partial charge in [-0.3, -0.25) is 4.79 Å². The Labute approximate surface area is 135 Å². The molecule has 20 heavy (non-hydrogen) atoms. The van der Waals surface area contributed by atoms with E-state index in [0.29, 0.717) is 5.56 Å². The van der Waals surface area contributed by atoms with Crippen LogP contribution in [0.2, 0.25) is 0 Å². The molecule has 3 nitrogen and oxygen atoms in total. The maximum absolute atomic E-state index is 12.3. The first kappa shape index (κ1) is 15.3. The van der Waals surface area contributed by atoms with Gasteiger partial charge in [-0.2, -0.15) is 0 Å². The molecule has 0 radical (unpaired) electrons. The number of hydrogen-bond acceptors (Lipinski definition) is 2. The lowest BCUT2D eigenvalue weighted by Gasteiger charge is -2.14. The highest BCUT2D eigenvalue weighted by Crippen LogP contribution is 2.24. The average molecular weight is 401 g/mol. The van der Waals surface area contributed by atoms with E-state index in [2.05, 4.69) is 37.2 Å². The van der Waals surface area contributed by atoms with Crippen LogP contribution in [0, 0.1) is 13.8 Å². The van der Waals surface area contributed by atoms with Gasteiger partial charge in [0.15, 0.2) is 0 Å². The molecule has 1 N–H and O–H groups in total. The minimum absolute atomic E-state index is 0.101.